The van der Waals surface area contributed by atoms with Crippen LogP contribution in [0.2, 0.25) is 0 Å². The highest BCUT2D eigenvalue weighted by Gasteiger charge is 2.24. The second-order valence-corrected chi connectivity index (χ2v) is 6.36. The van der Waals surface area contributed by atoms with Crippen LogP contribution < -0.4 is 19.8 Å². The molecule has 7 nitrogen and oxygen atoms in total. The largest absolute Gasteiger partial charge is 0.493 e. The number of benzene rings is 1. The fourth-order valence-electron chi connectivity index (χ4n) is 3.03. The van der Waals surface area contributed by atoms with Gasteiger partial charge >= 0.3 is 5.63 Å². The average Bonchev–Trinajstić information content (AvgIpc) is 2.66. The number of carbonyl (C=O) groups excluding carboxylic acids is 1. The van der Waals surface area contributed by atoms with Gasteiger partial charge in [-0.25, -0.2) is 4.79 Å². The Labute approximate surface area is 157 Å². The molecule has 1 aromatic heterocycles. The van der Waals surface area contributed by atoms with E-state index < -0.39 is 5.63 Å². The van der Waals surface area contributed by atoms with Gasteiger partial charge in [0.05, 0.1) is 13.2 Å². The third-order valence-corrected chi connectivity index (χ3v) is 4.38. The molecule has 1 saturated heterocycles. The summed E-state index contributed by atoms with van der Waals surface area (Å²) in [5.74, 6) is 2.09. The van der Waals surface area contributed by atoms with Gasteiger partial charge in [0.25, 0.3) is 5.91 Å². The summed E-state index contributed by atoms with van der Waals surface area (Å²) in [6, 6.07) is 10.3. The topological polar surface area (TPSA) is 78.2 Å². The van der Waals surface area contributed by atoms with Gasteiger partial charge in [-0.2, -0.15) is 0 Å². The van der Waals surface area contributed by atoms with Crippen molar-refractivity contribution in [3.8, 4) is 17.2 Å². The summed E-state index contributed by atoms with van der Waals surface area (Å²) in [6.07, 6.45) is 1.35. The van der Waals surface area contributed by atoms with Crippen molar-refractivity contribution >= 4 is 5.91 Å². The van der Waals surface area contributed by atoms with Crippen LogP contribution in [0.15, 0.2) is 45.6 Å². The number of piperidine rings is 1. The van der Waals surface area contributed by atoms with E-state index >= 15 is 0 Å². The molecule has 0 bridgehead atoms. The Hall–Kier alpha value is -2.96. The zero-order chi connectivity index (χ0) is 19.2. The quantitative estimate of drug-likeness (QED) is 0.774. The Morgan fingerprint density at radius 2 is 1.89 bits per heavy atom. The molecule has 0 atom stereocenters. The summed E-state index contributed by atoms with van der Waals surface area (Å²) in [5, 5.41) is 0. The Kier molecular flexibility index (Phi) is 6.01. The van der Waals surface area contributed by atoms with Gasteiger partial charge in [0.15, 0.2) is 18.1 Å². The molecule has 7 heteroatoms. The van der Waals surface area contributed by atoms with E-state index in [0.29, 0.717) is 48.9 Å². The second kappa shape index (κ2) is 8.62. The molecule has 1 amide bonds. The summed E-state index contributed by atoms with van der Waals surface area (Å²) >= 11 is 0. The fourth-order valence-corrected chi connectivity index (χ4v) is 3.03. The van der Waals surface area contributed by atoms with Crippen LogP contribution in [0.1, 0.15) is 18.6 Å². The molecular weight excluding hydrogens is 350 g/mol. The molecule has 2 aromatic rings. The number of para-hydroxylation sites is 2. The van der Waals surface area contributed by atoms with Gasteiger partial charge in [-0.1, -0.05) is 12.1 Å². The van der Waals surface area contributed by atoms with Gasteiger partial charge in [-0.05, 0) is 19.1 Å². The average molecular weight is 373 g/mol. The lowest BCUT2D eigenvalue weighted by Gasteiger charge is -2.32. The summed E-state index contributed by atoms with van der Waals surface area (Å²) in [4.78, 5) is 25.6. The summed E-state index contributed by atoms with van der Waals surface area (Å²) in [6.45, 7) is 2.83. The lowest BCUT2D eigenvalue weighted by atomic mass is 10.1. The molecule has 0 saturated carbocycles. The van der Waals surface area contributed by atoms with Crippen LogP contribution in [0.25, 0.3) is 0 Å². The van der Waals surface area contributed by atoms with Crippen LogP contribution in [0.4, 0.5) is 0 Å². The number of likely N-dealkylation sites (tertiary alicyclic amines) is 1. The van der Waals surface area contributed by atoms with E-state index in [1.807, 2.05) is 12.1 Å². The van der Waals surface area contributed by atoms with E-state index in [1.54, 1.807) is 37.1 Å². The molecule has 3 rings (SSSR count). The first-order valence-electron chi connectivity index (χ1n) is 8.87. The van der Waals surface area contributed by atoms with Gasteiger partial charge in [0.1, 0.15) is 17.6 Å². The van der Waals surface area contributed by atoms with Gasteiger partial charge in [-0.15, -0.1) is 0 Å². The van der Waals surface area contributed by atoms with Crippen LogP contribution in [-0.2, 0) is 4.79 Å². The summed E-state index contributed by atoms with van der Waals surface area (Å²) in [5.41, 5.74) is -0.425. The van der Waals surface area contributed by atoms with Crippen molar-refractivity contribution < 1.29 is 23.4 Å². The Balaban J connectivity index is 1.48. The van der Waals surface area contributed by atoms with Crippen molar-refractivity contribution in [2.24, 2.45) is 0 Å². The highest BCUT2D eigenvalue weighted by atomic mass is 16.5. The molecule has 1 fully saturated rings. The first-order valence-corrected chi connectivity index (χ1v) is 8.87. The Morgan fingerprint density at radius 3 is 2.56 bits per heavy atom. The van der Waals surface area contributed by atoms with Gasteiger partial charge in [0.2, 0.25) is 0 Å². The highest BCUT2D eigenvalue weighted by molar-refractivity contribution is 5.78. The van der Waals surface area contributed by atoms with E-state index in [-0.39, 0.29) is 18.6 Å². The van der Waals surface area contributed by atoms with Crippen molar-refractivity contribution in [1.29, 1.82) is 0 Å². The molecule has 1 aromatic carbocycles. The SMILES string of the molecule is COc1ccccc1OCC(=O)N1CCC(Oc2cc(C)oc(=O)c2)CC1. The van der Waals surface area contributed by atoms with Gasteiger partial charge in [-0.3, -0.25) is 4.79 Å². The predicted molar refractivity (Wildman–Crippen MR) is 98.4 cm³/mol. The maximum atomic E-state index is 12.4. The van der Waals surface area contributed by atoms with E-state index in [4.69, 9.17) is 18.6 Å². The van der Waals surface area contributed by atoms with Gasteiger partial charge < -0.3 is 23.5 Å². The van der Waals surface area contributed by atoms with Crippen molar-refractivity contribution in [2.75, 3.05) is 26.8 Å². The molecule has 2 heterocycles. The minimum Gasteiger partial charge on any atom is -0.493 e. The minimum absolute atomic E-state index is 0.0367. The van der Waals surface area contributed by atoms with Crippen LogP contribution in [0.3, 0.4) is 0 Å². The van der Waals surface area contributed by atoms with E-state index in [9.17, 15) is 9.59 Å². The zero-order valence-corrected chi connectivity index (χ0v) is 15.5. The Morgan fingerprint density at radius 1 is 1.19 bits per heavy atom. The van der Waals surface area contributed by atoms with Crippen molar-refractivity contribution in [1.82, 2.24) is 4.90 Å². The summed E-state index contributed by atoms with van der Waals surface area (Å²) < 4.78 is 21.6. The zero-order valence-electron chi connectivity index (χ0n) is 15.5. The maximum absolute atomic E-state index is 12.4. The van der Waals surface area contributed by atoms with Crippen LogP contribution in [0.5, 0.6) is 17.2 Å². The van der Waals surface area contributed by atoms with Crippen LogP contribution >= 0.6 is 0 Å². The van der Waals surface area contributed by atoms with E-state index in [1.165, 1.54) is 6.07 Å². The number of rotatable bonds is 6. The standard InChI is InChI=1S/C20H23NO6/c1-14-11-16(12-20(23)26-14)27-15-7-9-21(10-8-15)19(22)13-25-18-6-4-3-5-17(18)24-2/h3-6,11-12,15H,7-10,13H2,1-2H3. The third kappa shape index (κ3) is 5.03. The molecule has 0 spiro atoms. The molecule has 0 unspecified atom stereocenters. The molecule has 1 aliphatic rings. The molecular formula is C20H23NO6. The molecule has 0 aliphatic carbocycles. The highest BCUT2D eigenvalue weighted by Crippen LogP contribution is 2.26. The number of methoxy groups -OCH3 is 1. The number of aryl methyl sites for hydroxylation is 1. The smallest absolute Gasteiger partial charge is 0.339 e. The minimum atomic E-state index is -0.425. The number of nitrogens with zero attached hydrogens (tertiary/aromatic N) is 1. The number of carbonyl (C=O) groups is 1. The third-order valence-electron chi connectivity index (χ3n) is 4.38. The summed E-state index contributed by atoms with van der Waals surface area (Å²) in [7, 11) is 1.56. The predicted octanol–water partition coefficient (Wildman–Crippen LogP) is 2.41. The first-order chi connectivity index (χ1) is 13.0. The molecule has 144 valence electrons. The number of ether oxygens (including phenoxy) is 3. The van der Waals surface area contributed by atoms with Crippen molar-refractivity contribution in [2.45, 2.75) is 25.9 Å². The first kappa shape index (κ1) is 18.8. The van der Waals surface area contributed by atoms with Crippen LogP contribution in [0, 0.1) is 6.92 Å². The lowest BCUT2D eigenvalue weighted by Crippen LogP contribution is -2.43. The molecule has 0 radical (unpaired) electrons. The number of hydrogen-bond acceptors (Lipinski definition) is 6. The van der Waals surface area contributed by atoms with Crippen LogP contribution in [-0.4, -0.2) is 43.7 Å². The van der Waals surface area contributed by atoms with Crippen molar-refractivity contribution in [3.63, 3.8) is 0 Å². The second-order valence-electron chi connectivity index (χ2n) is 6.36. The van der Waals surface area contributed by atoms with E-state index in [2.05, 4.69) is 0 Å². The molecule has 0 N–H and O–H groups in total. The van der Waals surface area contributed by atoms with E-state index in [0.717, 1.165) is 0 Å². The normalized spacial score (nSPS) is 14.7. The van der Waals surface area contributed by atoms with Gasteiger partial charge in [0, 0.05) is 32.0 Å². The monoisotopic (exact) mass is 373 g/mol. The Bertz CT molecular complexity index is 838. The fraction of sp³-hybridized carbons (Fsp3) is 0.400. The number of amides is 1. The lowest BCUT2D eigenvalue weighted by molar-refractivity contribution is -0.135. The van der Waals surface area contributed by atoms with Crippen molar-refractivity contribution in [3.05, 3.63) is 52.6 Å². The molecule has 27 heavy (non-hydrogen) atoms. The molecule has 1 aliphatic heterocycles. The number of hydrogen-bond donors (Lipinski definition) is 0. The maximum Gasteiger partial charge on any atom is 0.339 e.